The molecular formula is C15H15N3S2. The molecule has 0 spiro atoms. The van der Waals surface area contributed by atoms with Crippen molar-refractivity contribution in [3.63, 3.8) is 0 Å². The summed E-state index contributed by atoms with van der Waals surface area (Å²) in [5.41, 5.74) is 3.57. The summed E-state index contributed by atoms with van der Waals surface area (Å²) < 4.78 is 2.03. The van der Waals surface area contributed by atoms with Gasteiger partial charge < -0.3 is 4.57 Å². The van der Waals surface area contributed by atoms with Gasteiger partial charge in [0.25, 0.3) is 0 Å². The summed E-state index contributed by atoms with van der Waals surface area (Å²) in [6.07, 6.45) is 3.78. The van der Waals surface area contributed by atoms with Gasteiger partial charge in [0.1, 0.15) is 5.01 Å². The van der Waals surface area contributed by atoms with Crippen molar-refractivity contribution in [3.8, 4) is 10.6 Å². The topological polar surface area (TPSA) is 30.7 Å². The highest BCUT2D eigenvalue weighted by Crippen LogP contribution is 2.27. The molecule has 0 saturated heterocycles. The molecule has 5 heteroatoms. The lowest BCUT2D eigenvalue weighted by molar-refractivity contribution is 0.789. The fourth-order valence-electron chi connectivity index (χ4n) is 1.83. The summed E-state index contributed by atoms with van der Waals surface area (Å²) in [7, 11) is 2.01. The zero-order valence-corrected chi connectivity index (χ0v) is 13.0. The molecule has 3 aromatic rings. The van der Waals surface area contributed by atoms with Crippen LogP contribution < -0.4 is 0 Å². The molecule has 3 nitrogen and oxygen atoms in total. The second-order valence-electron chi connectivity index (χ2n) is 4.62. The minimum Gasteiger partial charge on any atom is -0.329 e. The molecular weight excluding hydrogens is 286 g/mol. The number of benzene rings is 1. The van der Waals surface area contributed by atoms with Gasteiger partial charge in [-0.25, -0.2) is 9.97 Å². The molecule has 0 aliphatic heterocycles. The maximum absolute atomic E-state index is 4.70. The Labute approximate surface area is 126 Å². The van der Waals surface area contributed by atoms with E-state index in [0.29, 0.717) is 0 Å². The van der Waals surface area contributed by atoms with Crippen LogP contribution in [-0.2, 0) is 12.8 Å². The van der Waals surface area contributed by atoms with Gasteiger partial charge in [0.2, 0.25) is 0 Å². The molecule has 20 heavy (non-hydrogen) atoms. The highest BCUT2D eigenvalue weighted by molar-refractivity contribution is 7.98. The number of hydrogen-bond donors (Lipinski definition) is 0. The van der Waals surface area contributed by atoms with Crippen LogP contribution in [0, 0.1) is 6.92 Å². The van der Waals surface area contributed by atoms with Crippen LogP contribution in [0.15, 0.2) is 47.2 Å². The molecule has 0 amide bonds. The van der Waals surface area contributed by atoms with Crippen LogP contribution in [0.25, 0.3) is 10.6 Å². The van der Waals surface area contributed by atoms with Crippen molar-refractivity contribution in [2.75, 3.05) is 0 Å². The average Bonchev–Trinajstić information content (AvgIpc) is 3.06. The average molecular weight is 301 g/mol. The van der Waals surface area contributed by atoms with Gasteiger partial charge in [0.15, 0.2) is 5.16 Å². The molecule has 2 heterocycles. The highest BCUT2D eigenvalue weighted by Gasteiger charge is 2.06. The van der Waals surface area contributed by atoms with Crippen molar-refractivity contribution in [3.05, 3.63) is 53.3 Å². The van der Waals surface area contributed by atoms with Crippen LogP contribution in [-0.4, -0.2) is 14.5 Å². The van der Waals surface area contributed by atoms with Gasteiger partial charge in [0.05, 0.1) is 5.69 Å². The van der Waals surface area contributed by atoms with E-state index in [1.807, 2.05) is 24.0 Å². The largest absolute Gasteiger partial charge is 0.329 e. The number of aryl methyl sites for hydroxylation is 2. The quantitative estimate of drug-likeness (QED) is 0.678. The molecule has 0 aliphatic carbocycles. The van der Waals surface area contributed by atoms with E-state index in [-0.39, 0.29) is 0 Å². The van der Waals surface area contributed by atoms with E-state index in [1.54, 1.807) is 23.1 Å². The summed E-state index contributed by atoms with van der Waals surface area (Å²) in [6, 6.07) is 8.51. The minimum absolute atomic E-state index is 0.854. The lowest BCUT2D eigenvalue weighted by atomic mass is 10.2. The van der Waals surface area contributed by atoms with Crippen molar-refractivity contribution in [2.24, 2.45) is 7.05 Å². The molecule has 0 atom stereocenters. The predicted molar refractivity (Wildman–Crippen MR) is 85.1 cm³/mol. The first-order valence-electron chi connectivity index (χ1n) is 6.34. The second kappa shape index (κ2) is 5.81. The van der Waals surface area contributed by atoms with Crippen LogP contribution in [0.5, 0.6) is 0 Å². The van der Waals surface area contributed by atoms with Gasteiger partial charge in [-0.2, -0.15) is 0 Å². The molecule has 0 aliphatic rings. The molecule has 2 aromatic heterocycles. The number of aromatic nitrogens is 3. The van der Waals surface area contributed by atoms with E-state index in [9.17, 15) is 0 Å². The van der Waals surface area contributed by atoms with Gasteiger partial charge in [-0.1, -0.05) is 41.6 Å². The molecule has 3 rings (SSSR count). The number of rotatable bonds is 4. The van der Waals surface area contributed by atoms with Crippen LogP contribution in [0.3, 0.4) is 0 Å². The summed E-state index contributed by atoms with van der Waals surface area (Å²) in [4.78, 5) is 9.01. The van der Waals surface area contributed by atoms with E-state index in [0.717, 1.165) is 21.6 Å². The molecule has 0 bridgehead atoms. The fourth-order valence-corrected chi connectivity index (χ4v) is 3.59. The SMILES string of the molecule is Cc1ccc(-c2nc(CSc3nccn3C)cs2)cc1. The van der Waals surface area contributed by atoms with Crippen molar-refractivity contribution in [2.45, 2.75) is 17.8 Å². The zero-order valence-electron chi connectivity index (χ0n) is 11.4. The van der Waals surface area contributed by atoms with E-state index in [2.05, 4.69) is 41.6 Å². The maximum Gasteiger partial charge on any atom is 0.168 e. The smallest absolute Gasteiger partial charge is 0.168 e. The lowest BCUT2D eigenvalue weighted by Crippen LogP contribution is -1.90. The Balaban J connectivity index is 1.71. The van der Waals surface area contributed by atoms with Gasteiger partial charge >= 0.3 is 0 Å². The molecule has 102 valence electrons. The van der Waals surface area contributed by atoms with Gasteiger partial charge in [-0.15, -0.1) is 11.3 Å². The van der Waals surface area contributed by atoms with E-state index < -0.39 is 0 Å². The summed E-state index contributed by atoms with van der Waals surface area (Å²) in [5.74, 6) is 0.854. The second-order valence-corrected chi connectivity index (χ2v) is 6.42. The number of hydrogen-bond acceptors (Lipinski definition) is 4. The summed E-state index contributed by atoms with van der Waals surface area (Å²) >= 11 is 3.41. The van der Waals surface area contributed by atoms with E-state index in [4.69, 9.17) is 4.98 Å². The van der Waals surface area contributed by atoms with Gasteiger partial charge in [-0.3, -0.25) is 0 Å². The third-order valence-corrected chi connectivity index (χ3v) is 5.01. The molecule has 0 unspecified atom stereocenters. The highest BCUT2D eigenvalue weighted by atomic mass is 32.2. The lowest BCUT2D eigenvalue weighted by Gasteiger charge is -1.99. The summed E-state index contributed by atoms with van der Waals surface area (Å²) in [5, 5.41) is 4.24. The molecule has 0 saturated carbocycles. The van der Waals surface area contributed by atoms with Crippen LogP contribution in [0.4, 0.5) is 0 Å². The standard InChI is InChI=1S/C15H15N3S2/c1-11-3-5-12(6-4-11)14-17-13(9-19-14)10-20-15-16-7-8-18(15)2/h3-9H,10H2,1-2H3. The van der Waals surface area contributed by atoms with Crippen molar-refractivity contribution < 1.29 is 0 Å². The number of nitrogens with zero attached hydrogens (tertiary/aromatic N) is 3. The van der Waals surface area contributed by atoms with Crippen LogP contribution in [0.1, 0.15) is 11.3 Å². The molecule has 0 fully saturated rings. The molecule has 0 radical (unpaired) electrons. The van der Waals surface area contributed by atoms with Gasteiger partial charge in [0, 0.05) is 36.1 Å². The Hall–Kier alpha value is -1.59. The minimum atomic E-state index is 0.854. The zero-order chi connectivity index (χ0) is 13.9. The van der Waals surface area contributed by atoms with Crippen LogP contribution >= 0.6 is 23.1 Å². The van der Waals surface area contributed by atoms with E-state index in [1.165, 1.54) is 11.1 Å². The van der Waals surface area contributed by atoms with Crippen molar-refractivity contribution >= 4 is 23.1 Å². The first kappa shape index (κ1) is 13.4. The first-order valence-corrected chi connectivity index (χ1v) is 8.20. The third kappa shape index (κ3) is 2.94. The number of thiazole rings is 1. The Morgan fingerprint density at radius 2 is 2.05 bits per heavy atom. The maximum atomic E-state index is 4.70. The molecule has 1 aromatic carbocycles. The van der Waals surface area contributed by atoms with Crippen molar-refractivity contribution in [1.29, 1.82) is 0 Å². The van der Waals surface area contributed by atoms with Crippen molar-refractivity contribution in [1.82, 2.24) is 14.5 Å². The third-order valence-electron chi connectivity index (χ3n) is 2.98. The fraction of sp³-hybridized carbons (Fsp3) is 0.200. The van der Waals surface area contributed by atoms with Gasteiger partial charge in [-0.05, 0) is 6.92 Å². The predicted octanol–water partition coefficient (Wildman–Crippen LogP) is 4.14. The number of thioether (sulfide) groups is 1. The number of imidazole rings is 1. The Kier molecular flexibility index (Phi) is 3.89. The monoisotopic (exact) mass is 301 g/mol. The Bertz CT molecular complexity index is 698. The first-order chi connectivity index (χ1) is 9.72. The Morgan fingerprint density at radius 1 is 1.25 bits per heavy atom. The van der Waals surface area contributed by atoms with E-state index >= 15 is 0 Å². The normalized spacial score (nSPS) is 10.9. The summed E-state index contributed by atoms with van der Waals surface area (Å²) in [6.45, 7) is 2.10. The van der Waals surface area contributed by atoms with Crippen LogP contribution in [0.2, 0.25) is 0 Å². The molecule has 0 N–H and O–H groups in total. The Morgan fingerprint density at radius 3 is 2.75 bits per heavy atom.